The summed E-state index contributed by atoms with van der Waals surface area (Å²) in [5, 5.41) is 0.331. The zero-order valence-electron chi connectivity index (χ0n) is 3.48. The number of H-pyrrole nitrogens is 1. The molecule has 3 N–H and O–H groups in total. The van der Waals surface area contributed by atoms with Crippen molar-refractivity contribution in [1.29, 1.82) is 0 Å². The largest absolute Gasteiger partial charge is 0.384 e. The summed E-state index contributed by atoms with van der Waals surface area (Å²) in [6.45, 7) is 0. The van der Waals surface area contributed by atoms with Crippen LogP contribution in [-0.2, 0) is 0 Å². The van der Waals surface area contributed by atoms with Crippen molar-refractivity contribution in [1.82, 2.24) is 9.97 Å². The zero-order chi connectivity index (χ0) is 5.28. The number of aromatic amines is 1. The number of halogens is 1. The van der Waals surface area contributed by atoms with Gasteiger partial charge in [-0.05, 0) is 11.6 Å². The highest BCUT2D eigenvalue weighted by Crippen LogP contribution is 2.01. The lowest BCUT2D eigenvalue weighted by Crippen LogP contribution is -1.80. The van der Waals surface area contributed by atoms with Gasteiger partial charge in [0.15, 0.2) is 0 Å². The molecule has 0 aliphatic carbocycles. The molecule has 0 saturated heterocycles. The van der Waals surface area contributed by atoms with Gasteiger partial charge in [-0.25, -0.2) is 4.98 Å². The van der Waals surface area contributed by atoms with Gasteiger partial charge < -0.3 is 10.7 Å². The van der Waals surface area contributed by atoms with E-state index in [-0.39, 0.29) is 0 Å². The summed E-state index contributed by atoms with van der Waals surface area (Å²) in [7, 11) is 0. The molecule has 38 valence electrons. The number of imidazole rings is 1. The maximum Gasteiger partial charge on any atom is 0.201 e. The van der Waals surface area contributed by atoms with Crippen LogP contribution in [0, 0.1) is 0 Å². The Morgan fingerprint density at radius 1 is 1.86 bits per heavy atom. The van der Waals surface area contributed by atoms with Crippen LogP contribution in [-0.4, -0.2) is 9.97 Å². The van der Waals surface area contributed by atoms with Gasteiger partial charge in [-0.1, -0.05) is 0 Å². The van der Waals surface area contributed by atoms with Gasteiger partial charge in [0.25, 0.3) is 0 Å². The lowest BCUT2D eigenvalue weighted by atomic mass is 10.8. The summed E-state index contributed by atoms with van der Waals surface area (Å²) in [5.74, 6) is 0.491. The van der Waals surface area contributed by atoms with Crippen LogP contribution in [0.15, 0.2) is 6.20 Å². The zero-order valence-corrected chi connectivity index (χ0v) is 4.24. The molecule has 1 heterocycles. The number of hydrogen-bond donors (Lipinski definition) is 2. The molecule has 0 bridgehead atoms. The molecule has 0 spiro atoms. The van der Waals surface area contributed by atoms with Gasteiger partial charge in [0.1, 0.15) is 5.82 Å². The number of rotatable bonds is 0. The normalized spacial score (nSPS) is 9.29. The second kappa shape index (κ2) is 1.42. The summed E-state index contributed by atoms with van der Waals surface area (Å²) < 4.78 is 0. The molecule has 0 aliphatic rings. The van der Waals surface area contributed by atoms with E-state index < -0.39 is 0 Å². The minimum atomic E-state index is 0.331. The van der Waals surface area contributed by atoms with Crippen LogP contribution in [0.2, 0.25) is 5.28 Å². The predicted octanol–water partition coefficient (Wildman–Crippen LogP) is 0.645. The highest BCUT2D eigenvalue weighted by atomic mass is 35.5. The number of hydrogen-bond acceptors (Lipinski definition) is 2. The lowest BCUT2D eigenvalue weighted by Gasteiger charge is -1.73. The van der Waals surface area contributed by atoms with E-state index >= 15 is 0 Å². The monoisotopic (exact) mass is 117 g/mol. The van der Waals surface area contributed by atoms with Gasteiger partial charge in [0.2, 0.25) is 5.28 Å². The molecular formula is C3H4ClN3. The second-order valence-corrected chi connectivity index (χ2v) is 1.49. The molecule has 0 atom stereocenters. The molecule has 0 radical (unpaired) electrons. The van der Waals surface area contributed by atoms with Crippen LogP contribution in [0.4, 0.5) is 5.82 Å². The molecule has 0 unspecified atom stereocenters. The van der Waals surface area contributed by atoms with Crippen LogP contribution >= 0.6 is 11.6 Å². The van der Waals surface area contributed by atoms with E-state index in [9.17, 15) is 0 Å². The molecular weight excluding hydrogens is 114 g/mol. The van der Waals surface area contributed by atoms with Crippen molar-refractivity contribution < 1.29 is 0 Å². The van der Waals surface area contributed by atoms with Gasteiger partial charge in [-0.15, -0.1) is 0 Å². The Kier molecular flexibility index (Phi) is 0.906. The smallest absolute Gasteiger partial charge is 0.201 e. The summed E-state index contributed by atoms with van der Waals surface area (Å²) >= 11 is 5.31. The van der Waals surface area contributed by atoms with E-state index in [0.29, 0.717) is 11.1 Å². The van der Waals surface area contributed by atoms with Crippen LogP contribution in [0.25, 0.3) is 0 Å². The van der Waals surface area contributed by atoms with Gasteiger partial charge in [-0.3, -0.25) is 0 Å². The summed E-state index contributed by atoms with van der Waals surface area (Å²) in [6, 6.07) is 0. The van der Waals surface area contributed by atoms with Crippen molar-refractivity contribution >= 4 is 17.4 Å². The standard InChI is InChI=1S/C3H4ClN3/c4-3-6-1-2(5)7-3/h1H,5H2,(H,6,7). The molecule has 0 fully saturated rings. The van der Waals surface area contributed by atoms with E-state index in [2.05, 4.69) is 9.97 Å². The Morgan fingerprint density at radius 3 is 2.71 bits per heavy atom. The third-order valence-corrected chi connectivity index (χ3v) is 0.757. The average Bonchev–Trinajstić information content (AvgIpc) is 1.87. The van der Waals surface area contributed by atoms with E-state index in [0.717, 1.165) is 0 Å². The lowest BCUT2D eigenvalue weighted by molar-refractivity contribution is 1.31. The molecule has 3 nitrogen and oxygen atoms in total. The molecule has 1 aromatic heterocycles. The maximum atomic E-state index is 5.31. The fraction of sp³-hybridized carbons (Fsp3) is 0. The van der Waals surface area contributed by atoms with Crippen LogP contribution in [0.3, 0.4) is 0 Å². The first-order chi connectivity index (χ1) is 3.29. The fourth-order valence-electron chi connectivity index (χ4n) is 0.310. The van der Waals surface area contributed by atoms with Crippen molar-refractivity contribution in [2.45, 2.75) is 0 Å². The molecule has 0 aliphatic heterocycles. The van der Waals surface area contributed by atoms with Crippen LogP contribution in [0.5, 0.6) is 0 Å². The van der Waals surface area contributed by atoms with Crippen molar-refractivity contribution in [2.75, 3.05) is 5.73 Å². The Balaban J connectivity index is 3.04. The van der Waals surface area contributed by atoms with Crippen molar-refractivity contribution in [3.05, 3.63) is 11.5 Å². The third-order valence-electron chi connectivity index (χ3n) is 0.564. The number of anilines is 1. The molecule has 0 aromatic carbocycles. The second-order valence-electron chi connectivity index (χ2n) is 1.13. The van der Waals surface area contributed by atoms with Gasteiger partial charge in [-0.2, -0.15) is 0 Å². The SMILES string of the molecule is Nc1cnc(Cl)[nH]1. The number of nitrogen functional groups attached to an aromatic ring is 1. The molecule has 1 aromatic rings. The Morgan fingerprint density at radius 2 is 2.57 bits per heavy atom. The van der Waals surface area contributed by atoms with E-state index in [1.54, 1.807) is 0 Å². The van der Waals surface area contributed by atoms with Gasteiger partial charge in [0, 0.05) is 0 Å². The highest BCUT2D eigenvalue weighted by molar-refractivity contribution is 6.28. The summed E-state index contributed by atoms with van der Waals surface area (Å²) in [4.78, 5) is 6.17. The van der Waals surface area contributed by atoms with Crippen LogP contribution in [0.1, 0.15) is 0 Å². The molecule has 7 heavy (non-hydrogen) atoms. The Labute approximate surface area is 45.5 Å². The number of nitrogens with two attached hydrogens (primary N) is 1. The predicted molar refractivity (Wildman–Crippen MR) is 28.0 cm³/mol. The van der Waals surface area contributed by atoms with Gasteiger partial charge >= 0.3 is 0 Å². The van der Waals surface area contributed by atoms with Crippen LogP contribution < -0.4 is 5.73 Å². The number of aromatic nitrogens is 2. The minimum Gasteiger partial charge on any atom is -0.384 e. The molecule has 0 amide bonds. The average molecular weight is 118 g/mol. The van der Waals surface area contributed by atoms with E-state index in [4.69, 9.17) is 17.3 Å². The Bertz CT molecular complexity index is 142. The first kappa shape index (κ1) is 4.46. The first-order valence-corrected chi connectivity index (χ1v) is 2.13. The molecule has 0 saturated carbocycles. The highest BCUT2D eigenvalue weighted by Gasteiger charge is 1.86. The van der Waals surface area contributed by atoms with Gasteiger partial charge in [0.05, 0.1) is 6.20 Å². The van der Waals surface area contributed by atoms with E-state index in [1.807, 2.05) is 0 Å². The number of nitrogens with one attached hydrogen (secondary N) is 1. The topological polar surface area (TPSA) is 54.7 Å². The third kappa shape index (κ3) is 0.838. The summed E-state index contributed by atoms with van der Waals surface area (Å²) in [6.07, 6.45) is 1.46. The molecule has 1 rings (SSSR count). The maximum absolute atomic E-state index is 5.31. The summed E-state index contributed by atoms with van der Waals surface area (Å²) in [5.41, 5.74) is 5.18. The van der Waals surface area contributed by atoms with Crippen molar-refractivity contribution in [3.63, 3.8) is 0 Å². The number of nitrogens with zero attached hydrogens (tertiary/aromatic N) is 1. The van der Waals surface area contributed by atoms with E-state index in [1.165, 1.54) is 6.20 Å². The Hall–Kier alpha value is -0.700. The molecule has 4 heteroatoms. The first-order valence-electron chi connectivity index (χ1n) is 1.75. The van der Waals surface area contributed by atoms with Crippen molar-refractivity contribution in [3.8, 4) is 0 Å². The van der Waals surface area contributed by atoms with Crippen molar-refractivity contribution in [2.24, 2.45) is 0 Å². The fourth-order valence-corrected chi connectivity index (χ4v) is 0.468. The minimum absolute atomic E-state index is 0.331. The quantitative estimate of drug-likeness (QED) is 0.524.